The van der Waals surface area contributed by atoms with Gasteiger partial charge in [0.1, 0.15) is 18.3 Å². The van der Waals surface area contributed by atoms with Gasteiger partial charge in [0.15, 0.2) is 0 Å². The Morgan fingerprint density at radius 3 is 2.13 bits per heavy atom. The van der Waals surface area contributed by atoms with Crippen LogP contribution in [0.15, 0.2) is 77.7 Å². The number of hydrogen-bond donors (Lipinski definition) is 1. The fourth-order valence-corrected chi connectivity index (χ4v) is 6.08. The number of rotatable bonds is 12. The number of carbonyl (C=O) groups excluding carboxylic acids is 2. The van der Waals surface area contributed by atoms with E-state index in [4.69, 9.17) is 27.9 Å². The van der Waals surface area contributed by atoms with Crippen molar-refractivity contribution in [2.75, 3.05) is 24.5 Å². The Bertz CT molecular complexity index is 1380. The largest absolute Gasteiger partial charge is 0.492 e. The lowest BCUT2D eigenvalue weighted by Gasteiger charge is -2.33. The highest BCUT2D eigenvalue weighted by molar-refractivity contribution is 7.92. The summed E-state index contributed by atoms with van der Waals surface area (Å²) in [7, 11) is -2.74. The highest BCUT2D eigenvalue weighted by atomic mass is 35.5. The molecule has 39 heavy (non-hydrogen) atoms. The Kier molecular flexibility index (Phi) is 10.6. The molecule has 0 saturated carbocycles. The summed E-state index contributed by atoms with van der Waals surface area (Å²) in [5.74, 6) is -0.722. The first-order valence-electron chi connectivity index (χ1n) is 12.4. The van der Waals surface area contributed by atoms with Crippen molar-refractivity contribution in [1.29, 1.82) is 0 Å². The predicted octanol–water partition coefficient (Wildman–Crippen LogP) is 5.14. The van der Waals surface area contributed by atoms with E-state index >= 15 is 0 Å². The maximum Gasteiger partial charge on any atom is 0.264 e. The lowest BCUT2D eigenvalue weighted by atomic mass is 10.1. The molecule has 3 rings (SSSR count). The fraction of sp³-hybridized carbons (Fsp3) is 0.286. The Labute approximate surface area is 239 Å². The Hall–Kier alpha value is -3.27. The van der Waals surface area contributed by atoms with E-state index in [-0.39, 0.29) is 30.2 Å². The number of benzene rings is 3. The van der Waals surface area contributed by atoms with Crippen LogP contribution in [0, 0.1) is 0 Å². The Balaban J connectivity index is 2.14. The van der Waals surface area contributed by atoms with E-state index in [1.807, 2.05) is 0 Å². The number of likely N-dealkylation sites (N-methyl/N-ethyl adjacent to an activating group) is 1. The molecule has 208 valence electrons. The molecule has 0 bridgehead atoms. The predicted molar refractivity (Wildman–Crippen MR) is 154 cm³/mol. The van der Waals surface area contributed by atoms with E-state index in [0.29, 0.717) is 21.4 Å². The van der Waals surface area contributed by atoms with Crippen molar-refractivity contribution >= 4 is 50.7 Å². The first kappa shape index (κ1) is 30.3. The SMILES string of the molecule is CCOc1ccccc1N(CC(=O)N(Cc1c(Cl)cccc1Cl)C(CC)C(=O)NC)S(=O)(=O)c1ccccc1. The van der Waals surface area contributed by atoms with Gasteiger partial charge in [-0.05, 0) is 49.7 Å². The number of sulfonamides is 1. The van der Waals surface area contributed by atoms with Crippen molar-refractivity contribution in [2.24, 2.45) is 0 Å². The minimum absolute atomic E-state index is 0.00291. The van der Waals surface area contributed by atoms with Crippen molar-refractivity contribution in [3.8, 4) is 5.75 Å². The molecule has 0 radical (unpaired) electrons. The third-order valence-electron chi connectivity index (χ3n) is 6.07. The number of amides is 2. The van der Waals surface area contributed by atoms with E-state index < -0.39 is 34.4 Å². The number of ether oxygens (including phenoxy) is 1. The average molecular weight is 593 g/mol. The molecule has 3 aromatic rings. The second-order valence-electron chi connectivity index (χ2n) is 8.49. The monoisotopic (exact) mass is 591 g/mol. The molecule has 8 nitrogen and oxygen atoms in total. The van der Waals surface area contributed by atoms with Gasteiger partial charge in [-0.25, -0.2) is 8.42 Å². The third-order valence-corrected chi connectivity index (χ3v) is 8.55. The molecule has 0 aromatic heterocycles. The van der Waals surface area contributed by atoms with Crippen LogP contribution in [-0.2, 0) is 26.2 Å². The number of hydrogen-bond acceptors (Lipinski definition) is 5. The van der Waals surface area contributed by atoms with Crippen molar-refractivity contribution in [3.63, 3.8) is 0 Å². The number of nitrogens with zero attached hydrogens (tertiary/aromatic N) is 2. The van der Waals surface area contributed by atoms with Crippen LogP contribution in [0.1, 0.15) is 25.8 Å². The van der Waals surface area contributed by atoms with Crippen LogP contribution in [0.2, 0.25) is 10.0 Å². The summed E-state index contributed by atoms with van der Waals surface area (Å²) >= 11 is 12.8. The van der Waals surface area contributed by atoms with Crippen LogP contribution in [0.4, 0.5) is 5.69 Å². The first-order chi connectivity index (χ1) is 18.6. The van der Waals surface area contributed by atoms with Crippen LogP contribution in [0.25, 0.3) is 0 Å². The maximum atomic E-state index is 14.0. The molecular formula is C28H31Cl2N3O5S. The van der Waals surface area contributed by atoms with Gasteiger partial charge in [0.25, 0.3) is 10.0 Å². The quantitative estimate of drug-likeness (QED) is 0.314. The minimum atomic E-state index is -4.22. The maximum absolute atomic E-state index is 14.0. The van der Waals surface area contributed by atoms with Crippen molar-refractivity contribution in [2.45, 2.75) is 37.8 Å². The summed E-state index contributed by atoms with van der Waals surface area (Å²) in [6, 6.07) is 18.4. The average Bonchev–Trinajstić information content (AvgIpc) is 2.93. The summed E-state index contributed by atoms with van der Waals surface area (Å²) in [6.45, 7) is 3.13. The van der Waals surface area contributed by atoms with Gasteiger partial charge in [-0.3, -0.25) is 13.9 Å². The summed E-state index contributed by atoms with van der Waals surface area (Å²) < 4.78 is 34.6. The molecule has 0 saturated heterocycles. The van der Waals surface area contributed by atoms with Gasteiger partial charge in [-0.2, -0.15) is 0 Å². The molecule has 0 spiro atoms. The van der Waals surface area contributed by atoms with Gasteiger partial charge in [-0.1, -0.05) is 66.5 Å². The van der Waals surface area contributed by atoms with Gasteiger partial charge in [-0.15, -0.1) is 0 Å². The molecule has 11 heteroatoms. The number of anilines is 1. The number of nitrogens with one attached hydrogen (secondary N) is 1. The van der Waals surface area contributed by atoms with Crippen LogP contribution < -0.4 is 14.4 Å². The van der Waals surface area contributed by atoms with Gasteiger partial charge >= 0.3 is 0 Å². The van der Waals surface area contributed by atoms with Crippen LogP contribution >= 0.6 is 23.2 Å². The molecular weight excluding hydrogens is 561 g/mol. The molecule has 1 unspecified atom stereocenters. The molecule has 3 aromatic carbocycles. The zero-order chi connectivity index (χ0) is 28.6. The van der Waals surface area contributed by atoms with Crippen LogP contribution in [-0.4, -0.2) is 51.4 Å². The molecule has 0 aliphatic rings. The van der Waals surface area contributed by atoms with Crippen molar-refractivity contribution < 1.29 is 22.7 Å². The second-order valence-corrected chi connectivity index (χ2v) is 11.2. The summed E-state index contributed by atoms with van der Waals surface area (Å²) in [6.07, 6.45) is 0.272. The van der Waals surface area contributed by atoms with Gasteiger partial charge < -0.3 is 15.0 Å². The number of halogens is 2. The van der Waals surface area contributed by atoms with E-state index in [9.17, 15) is 18.0 Å². The summed E-state index contributed by atoms with van der Waals surface area (Å²) in [5, 5.41) is 3.23. The molecule has 1 atom stereocenters. The zero-order valence-corrected chi connectivity index (χ0v) is 24.3. The number of para-hydroxylation sites is 2. The van der Waals surface area contributed by atoms with E-state index in [0.717, 1.165) is 4.31 Å². The zero-order valence-electron chi connectivity index (χ0n) is 21.9. The molecule has 0 aliphatic carbocycles. The Morgan fingerprint density at radius 2 is 1.54 bits per heavy atom. The Morgan fingerprint density at radius 1 is 0.923 bits per heavy atom. The van der Waals surface area contributed by atoms with Gasteiger partial charge in [0.05, 0.1) is 17.2 Å². The first-order valence-corrected chi connectivity index (χ1v) is 14.6. The fourth-order valence-electron chi connectivity index (χ4n) is 4.11. The third kappa shape index (κ3) is 7.03. The van der Waals surface area contributed by atoms with Crippen molar-refractivity contribution in [3.05, 3.63) is 88.4 Å². The van der Waals surface area contributed by atoms with E-state index in [1.54, 1.807) is 74.5 Å². The molecule has 1 N–H and O–H groups in total. The molecule has 2 amide bonds. The molecule has 0 heterocycles. The highest BCUT2D eigenvalue weighted by Gasteiger charge is 2.35. The standard InChI is InChI=1S/C28H31Cl2N3O5S/c1-4-24(28(35)31-3)32(18-21-22(29)14-11-15-23(21)30)27(34)19-33(25-16-9-10-17-26(25)38-5-2)39(36,37)20-12-7-6-8-13-20/h6-17,24H,4-5,18-19H2,1-3H3,(H,31,35). The van der Waals surface area contributed by atoms with E-state index in [1.165, 1.54) is 24.1 Å². The minimum Gasteiger partial charge on any atom is -0.492 e. The smallest absolute Gasteiger partial charge is 0.264 e. The second kappa shape index (κ2) is 13.7. The lowest BCUT2D eigenvalue weighted by molar-refractivity contribution is -0.140. The number of carbonyl (C=O) groups is 2. The van der Waals surface area contributed by atoms with Crippen molar-refractivity contribution in [1.82, 2.24) is 10.2 Å². The highest BCUT2D eigenvalue weighted by Crippen LogP contribution is 2.33. The molecule has 0 aliphatic heterocycles. The normalized spacial score (nSPS) is 11.9. The summed E-state index contributed by atoms with van der Waals surface area (Å²) in [4.78, 5) is 28.2. The van der Waals surface area contributed by atoms with Crippen LogP contribution in [0.3, 0.4) is 0 Å². The van der Waals surface area contributed by atoms with Gasteiger partial charge in [0, 0.05) is 29.2 Å². The van der Waals surface area contributed by atoms with E-state index in [2.05, 4.69) is 5.32 Å². The topological polar surface area (TPSA) is 96.0 Å². The molecule has 0 fully saturated rings. The lowest BCUT2D eigenvalue weighted by Crippen LogP contribution is -2.51. The van der Waals surface area contributed by atoms with Gasteiger partial charge in [0.2, 0.25) is 11.8 Å². The summed E-state index contributed by atoms with van der Waals surface area (Å²) in [5.41, 5.74) is 0.643. The van der Waals surface area contributed by atoms with Crippen LogP contribution in [0.5, 0.6) is 5.75 Å².